The Morgan fingerprint density at radius 3 is 2.05 bits per heavy atom. The Kier molecular flexibility index (Phi) is 7.88. The first-order valence-electron chi connectivity index (χ1n) is 13.7. The van der Waals surface area contributed by atoms with Crippen molar-refractivity contribution >= 4 is 22.9 Å². The Balaban J connectivity index is 1.48. The highest BCUT2D eigenvalue weighted by Gasteiger charge is 2.25. The molecule has 0 aliphatic rings. The number of hydrogen-bond acceptors (Lipinski definition) is 4. The number of nitrogens with one attached hydrogen (secondary N) is 1. The number of hydrogen-bond donors (Lipinski definition) is 1. The second kappa shape index (κ2) is 11.7. The minimum Gasteiger partial charge on any atom is -0.449 e. The summed E-state index contributed by atoms with van der Waals surface area (Å²) < 4.78 is 8.52. The molecule has 0 aliphatic carbocycles. The van der Waals surface area contributed by atoms with Crippen molar-refractivity contribution in [2.45, 2.75) is 39.3 Å². The van der Waals surface area contributed by atoms with Crippen LogP contribution < -0.4 is 10.9 Å². The van der Waals surface area contributed by atoms with Gasteiger partial charge < -0.3 is 10.1 Å². The summed E-state index contributed by atoms with van der Waals surface area (Å²) in [5.74, 6) is -0.311. The number of ether oxygens (including phenoxy) is 1. The Morgan fingerprint density at radius 2 is 1.44 bits per heavy atom. The van der Waals surface area contributed by atoms with Gasteiger partial charge in [-0.3, -0.25) is 9.48 Å². The second-order valence-corrected chi connectivity index (χ2v) is 10.4. The van der Waals surface area contributed by atoms with E-state index in [0.29, 0.717) is 5.52 Å². The zero-order chi connectivity index (χ0) is 29.1. The minimum absolute atomic E-state index is 0.200. The van der Waals surface area contributed by atoms with Gasteiger partial charge in [0.2, 0.25) is 0 Å². The van der Waals surface area contributed by atoms with Crippen molar-refractivity contribution in [2.75, 3.05) is 0 Å². The molecule has 5 aromatic rings. The van der Waals surface area contributed by atoms with E-state index in [1.165, 1.54) is 4.68 Å². The Bertz CT molecular complexity index is 1730. The summed E-state index contributed by atoms with van der Waals surface area (Å²) in [5.41, 5.74) is 4.90. The third-order valence-corrected chi connectivity index (χ3v) is 7.41. The zero-order valence-corrected chi connectivity index (χ0v) is 23.6. The summed E-state index contributed by atoms with van der Waals surface area (Å²) in [6, 6.07) is 29.3. The van der Waals surface area contributed by atoms with Crippen molar-refractivity contribution in [3.8, 4) is 0 Å². The van der Waals surface area contributed by atoms with Gasteiger partial charge >= 0.3 is 12.0 Å². The molecule has 1 amide bonds. The van der Waals surface area contributed by atoms with Crippen LogP contribution in [0, 0.1) is 6.92 Å². The van der Waals surface area contributed by atoms with Crippen LogP contribution in [0.2, 0.25) is 0 Å². The number of amides is 1. The molecule has 0 saturated heterocycles. The smallest absolute Gasteiger partial charge is 0.344 e. The van der Waals surface area contributed by atoms with Crippen LogP contribution >= 0.6 is 0 Å². The normalized spacial score (nSPS) is 11.3. The fourth-order valence-electron chi connectivity index (χ4n) is 5.31. The van der Waals surface area contributed by atoms with Crippen molar-refractivity contribution in [1.29, 1.82) is 0 Å². The molecular formula is C34H33N3O4. The van der Waals surface area contributed by atoms with Crippen LogP contribution in [0.25, 0.3) is 10.9 Å². The van der Waals surface area contributed by atoms with Gasteiger partial charge in [-0.2, -0.15) is 4.68 Å². The third kappa shape index (κ3) is 5.43. The molecule has 1 aromatic heterocycles. The summed E-state index contributed by atoms with van der Waals surface area (Å²) in [6.07, 6.45) is -0.646. The van der Waals surface area contributed by atoms with Gasteiger partial charge in [0.1, 0.15) is 0 Å². The number of nitrogens with zero attached hydrogens (tertiary/aromatic N) is 2. The van der Waals surface area contributed by atoms with E-state index >= 15 is 0 Å². The molecule has 0 saturated carbocycles. The van der Waals surface area contributed by atoms with Crippen LogP contribution in [0.5, 0.6) is 0 Å². The van der Waals surface area contributed by atoms with E-state index < -0.39 is 23.7 Å². The van der Waals surface area contributed by atoms with Gasteiger partial charge in [0.25, 0.3) is 5.56 Å². The van der Waals surface area contributed by atoms with E-state index in [2.05, 4.69) is 25.2 Å². The molecule has 1 heterocycles. The van der Waals surface area contributed by atoms with Crippen LogP contribution in [0.3, 0.4) is 0 Å². The predicted octanol–water partition coefficient (Wildman–Crippen LogP) is 6.48. The maximum atomic E-state index is 13.7. The van der Waals surface area contributed by atoms with Crippen LogP contribution in [0.4, 0.5) is 4.79 Å². The third-order valence-electron chi connectivity index (χ3n) is 7.41. The topological polar surface area (TPSA) is 82.3 Å². The van der Waals surface area contributed by atoms with Gasteiger partial charge in [-0.25, -0.2) is 9.59 Å². The van der Waals surface area contributed by atoms with Gasteiger partial charge in [-0.05, 0) is 52.8 Å². The monoisotopic (exact) mass is 547 g/mol. The Morgan fingerprint density at radius 1 is 0.829 bits per heavy atom. The highest BCUT2D eigenvalue weighted by Crippen LogP contribution is 2.28. The fraction of sp³-hybridized carbons (Fsp3) is 0.206. The number of para-hydroxylation sites is 1. The molecular weight excluding hydrogens is 514 g/mol. The molecule has 41 heavy (non-hydrogen) atoms. The standard InChI is InChI=1S/C34H33N3O4/c1-22(2)26-18-11-13-23(3)29(26)21-35-34(40)37-32(38)27-19-12-20-28(30(27)36(37)4)33(39)41-31(24-14-7-5-8-15-24)25-16-9-6-10-17-25/h5-20,22,31H,21H2,1-4H3,(H,35,40). The SMILES string of the molecule is Cc1cccc(C(C)C)c1CNC(=O)n1c(=O)c2cccc(C(=O)OC(c3ccccc3)c3ccccc3)c2n1C. The van der Waals surface area contributed by atoms with Crippen molar-refractivity contribution < 1.29 is 14.3 Å². The molecule has 7 nitrogen and oxygen atoms in total. The van der Waals surface area contributed by atoms with Crippen molar-refractivity contribution in [3.63, 3.8) is 0 Å². The number of fused-ring (bicyclic) bond motifs is 1. The maximum absolute atomic E-state index is 13.7. The highest BCUT2D eigenvalue weighted by molar-refractivity contribution is 6.03. The Labute approximate surface area is 239 Å². The lowest BCUT2D eigenvalue weighted by atomic mass is 9.94. The van der Waals surface area contributed by atoms with Gasteiger partial charge in [-0.15, -0.1) is 0 Å². The molecule has 0 bridgehead atoms. The largest absolute Gasteiger partial charge is 0.449 e. The van der Waals surface area contributed by atoms with Crippen molar-refractivity contribution in [1.82, 2.24) is 14.7 Å². The lowest BCUT2D eigenvalue weighted by molar-refractivity contribution is 0.0380. The number of esters is 1. The Hall–Kier alpha value is -4.91. The number of aryl methyl sites for hydroxylation is 2. The molecule has 0 fully saturated rings. The predicted molar refractivity (Wildman–Crippen MR) is 160 cm³/mol. The van der Waals surface area contributed by atoms with E-state index in [-0.39, 0.29) is 23.4 Å². The number of carbonyl (C=O) groups is 2. The molecule has 208 valence electrons. The number of aromatic nitrogens is 2. The lowest BCUT2D eigenvalue weighted by Gasteiger charge is -2.19. The van der Waals surface area contributed by atoms with Crippen LogP contribution in [0.1, 0.15) is 64.0 Å². The second-order valence-electron chi connectivity index (χ2n) is 10.4. The first-order chi connectivity index (χ1) is 19.8. The first-order valence-corrected chi connectivity index (χ1v) is 13.7. The molecule has 4 aromatic carbocycles. The van der Waals surface area contributed by atoms with Gasteiger partial charge in [-0.1, -0.05) is 98.8 Å². The van der Waals surface area contributed by atoms with E-state index in [1.54, 1.807) is 25.2 Å². The van der Waals surface area contributed by atoms with E-state index in [1.807, 2.05) is 79.7 Å². The van der Waals surface area contributed by atoms with Gasteiger partial charge in [0.15, 0.2) is 6.10 Å². The molecule has 0 spiro atoms. The van der Waals surface area contributed by atoms with E-state index in [9.17, 15) is 14.4 Å². The van der Waals surface area contributed by atoms with Crippen LogP contribution in [0.15, 0.2) is 102 Å². The molecule has 5 rings (SSSR count). The van der Waals surface area contributed by atoms with Crippen LogP contribution in [-0.2, 0) is 18.3 Å². The quantitative estimate of drug-likeness (QED) is 0.237. The average molecular weight is 548 g/mol. The summed E-state index contributed by atoms with van der Waals surface area (Å²) in [4.78, 5) is 40.4. The molecule has 0 atom stereocenters. The minimum atomic E-state index is -0.646. The van der Waals surface area contributed by atoms with E-state index in [4.69, 9.17) is 4.74 Å². The maximum Gasteiger partial charge on any atom is 0.344 e. The number of carbonyl (C=O) groups excluding carboxylic acids is 2. The average Bonchev–Trinajstić information content (AvgIpc) is 3.25. The molecule has 1 N–H and O–H groups in total. The molecule has 0 radical (unpaired) electrons. The first kappa shape index (κ1) is 27.6. The molecule has 0 aliphatic heterocycles. The van der Waals surface area contributed by atoms with Gasteiger partial charge in [0.05, 0.1) is 16.5 Å². The summed E-state index contributed by atoms with van der Waals surface area (Å²) in [6.45, 7) is 6.49. The van der Waals surface area contributed by atoms with Crippen molar-refractivity contribution in [3.05, 3.63) is 141 Å². The molecule has 7 heteroatoms. The molecule has 0 unspecified atom stereocenters. The lowest BCUT2D eigenvalue weighted by Crippen LogP contribution is -2.37. The highest BCUT2D eigenvalue weighted by atomic mass is 16.5. The summed E-state index contributed by atoms with van der Waals surface area (Å²) in [7, 11) is 1.60. The van der Waals surface area contributed by atoms with Crippen molar-refractivity contribution in [2.24, 2.45) is 7.05 Å². The summed E-state index contributed by atoms with van der Waals surface area (Å²) in [5, 5.41) is 3.16. The summed E-state index contributed by atoms with van der Waals surface area (Å²) >= 11 is 0. The number of benzene rings is 4. The van der Waals surface area contributed by atoms with E-state index in [0.717, 1.165) is 32.5 Å². The fourth-order valence-corrected chi connectivity index (χ4v) is 5.31. The van der Waals surface area contributed by atoms with Crippen LogP contribution in [-0.4, -0.2) is 21.4 Å². The van der Waals surface area contributed by atoms with Gasteiger partial charge in [0, 0.05) is 13.6 Å². The zero-order valence-electron chi connectivity index (χ0n) is 23.6. The number of rotatable bonds is 7.